The molecule has 0 fully saturated rings. The molecule has 116 valence electrons. The van der Waals surface area contributed by atoms with Gasteiger partial charge in [-0.2, -0.15) is 5.10 Å². The third kappa shape index (κ3) is 3.34. The molecule has 1 aliphatic heterocycles. The molecule has 0 bridgehead atoms. The predicted octanol–water partition coefficient (Wildman–Crippen LogP) is 2.42. The minimum Gasteiger partial charge on any atom is -0.362 e. The number of hydrogen-bond donors (Lipinski definition) is 2. The quantitative estimate of drug-likeness (QED) is 0.504. The number of H-pyrrole nitrogens is 1. The molecule has 1 aromatic carbocycles. The van der Waals surface area contributed by atoms with Crippen molar-refractivity contribution in [3.05, 3.63) is 69.5 Å². The molecule has 0 atom stereocenters. The number of hydrogen-bond acceptors (Lipinski definition) is 4. The maximum absolute atomic E-state index is 11.9. The highest BCUT2D eigenvalue weighted by Gasteiger charge is 2.22. The van der Waals surface area contributed by atoms with E-state index in [4.69, 9.17) is 0 Å². The summed E-state index contributed by atoms with van der Waals surface area (Å²) in [5.74, 6) is -0.224. The van der Waals surface area contributed by atoms with Gasteiger partial charge >= 0.3 is 0 Å². The zero-order chi connectivity index (χ0) is 16.2. The van der Waals surface area contributed by atoms with Gasteiger partial charge in [-0.15, -0.1) is 0 Å². The standard InChI is InChI=1S/C16H14N4O3/c21-16-14(10-12-2-1-9-17-12)15(18-19-16)8-5-11-3-6-13(7-4-11)20(22)23/h1-4,6-7,9-10,17H,5,8H2,(H,19,21). The van der Waals surface area contributed by atoms with Crippen LogP contribution in [0.25, 0.3) is 6.08 Å². The first kappa shape index (κ1) is 14.7. The number of aromatic nitrogens is 1. The number of nitro benzene ring substituents is 1. The molecule has 2 aromatic rings. The SMILES string of the molecule is O=C1NN=C(CCc2ccc([N+](=O)[O-])cc2)C1=Cc1ccc[nH]1. The number of rotatable bonds is 5. The van der Waals surface area contributed by atoms with Crippen molar-refractivity contribution < 1.29 is 9.72 Å². The van der Waals surface area contributed by atoms with Gasteiger partial charge in [0.1, 0.15) is 0 Å². The number of hydrazone groups is 1. The summed E-state index contributed by atoms with van der Waals surface area (Å²) in [5.41, 5.74) is 5.54. The predicted molar refractivity (Wildman–Crippen MR) is 85.8 cm³/mol. The molecule has 0 unspecified atom stereocenters. The lowest BCUT2D eigenvalue weighted by Crippen LogP contribution is -2.13. The highest BCUT2D eigenvalue weighted by molar-refractivity contribution is 6.27. The summed E-state index contributed by atoms with van der Waals surface area (Å²) in [6.07, 6.45) is 4.76. The topological polar surface area (TPSA) is 100 Å². The van der Waals surface area contributed by atoms with Crippen LogP contribution in [-0.4, -0.2) is 21.5 Å². The van der Waals surface area contributed by atoms with Crippen molar-refractivity contribution in [1.29, 1.82) is 0 Å². The van der Waals surface area contributed by atoms with Crippen LogP contribution in [-0.2, 0) is 11.2 Å². The van der Waals surface area contributed by atoms with E-state index < -0.39 is 4.92 Å². The Kier molecular flexibility index (Phi) is 4.01. The highest BCUT2D eigenvalue weighted by Crippen LogP contribution is 2.17. The second-order valence-corrected chi connectivity index (χ2v) is 5.11. The van der Waals surface area contributed by atoms with E-state index in [1.54, 1.807) is 24.4 Å². The van der Waals surface area contributed by atoms with Gasteiger partial charge in [-0.05, 0) is 36.6 Å². The molecule has 0 saturated carbocycles. The van der Waals surface area contributed by atoms with Crippen molar-refractivity contribution in [3.8, 4) is 0 Å². The summed E-state index contributed by atoms with van der Waals surface area (Å²) in [6.45, 7) is 0. The molecular formula is C16H14N4O3. The largest absolute Gasteiger partial charge is 0.362 e. The summed E-state index contributed by atoms with van der Waals surface area (Å²) < 4.78 is 0. The van der Waals surface area contributed by atoms with Crippen LogP contribution in [0.3, 0.4) is 0 Å². The van der Waals surface area contributed by atoms with E-state index >= 15 is 0 Å². The van der Waals surface area contributed by atoms with E-state index in [1.165, 1.54) is 12.1 Å². The van der Waals surface area contributed by atoms with Gasteiger partial charge in [-0.1, -0.05) is 12.1 Å². The van der Waals surface area contributed by atoms with E-state index in [2.05, 4.69) is 15.5 Å². The van der Waals surface area contributed by atoms with E-state index in [0.29, 0.717) is 24.1 Å². The minimum absolute atomic E-state index is 0.0659. The van der Waals surface area contributed by atoms with E-state index in [0.717, 1.165) is 11.3 Å². The van der Waals surface area contributed by atoms with Gasteiger partial charge in [0, 0.05) is 24.0 Å². The zero-order valence-electron chi connectivity index (χ0n) is 12.2. The molecule has 1 aromatic heterocycles. The number of aromatic amines is 1. The van der Waals surface area contributed by atoms with Crippen molar-refractivity contribution in [2.75, 3.05) is 0 Å². The fourth-order valence-electron chi connectivity index (χ4n) is 2.35. The average molecular weight is 310 g/mol. The molecule has 0 saturated heterocycles. The molecule has 23 heavy (non-hydrogen) atoms. The minimum atomic E-state index is -0.426. The number of nitro groups is 1. The van der Waals surface area contributed by atoms with Gasteiger partial charge in [-0.3, -0.25) is 14.9 Å². The van der Waals surface area contributed by atoms with E-state index in [-0.39, 0.29) is 11.6 Å². The lowest BCUT2D eigenvalue weighted by atomic mass is 10.0. The molecule has 0 aliphatic carbocycles. The maximum Gasteiger partial charge on any atom is 0.273 e. The normalized spacial score (nSPS) is 15.6. The Morgan fingerprint density at radius 1 is 1.17 bits per heavy atom. The van der Waals surface area contributed by atoms with Crippen molar-refractivity contribution in [3.63, 3.8) is 0 Å². The Morgan fingerprint density at radius 2 is 1.96 bits per heavy atom. The molecule has 7 heteroatoms. The van der Waals surface area contributed by atoms with Crippen LogP contribution in [0.5, 0.6) is 0 Å². The zero-order valence-corrected chi connectivity index (χ0v) is 12.2. The van der Waals surface area contributed by atoms with Gasteiger partial charge in [0.2, 0.25) is 0 Å². The van der Waals surface area contributed by atoms with Crippen molar-refractivity contribution in [2.45, 2.75) is 12.8 Å². The Morgan fingerprint density at radius 3 is 2.61 bits per heavy atom. The number of benzene rings is 1. The van der Waals surface area contributed by atoms with E-state index in [9.17, 15) is 14.9 Å². The van der Waals surface area contributed by atoms with Gasteiger partial charge in [0.15, 0.2) is 0 Å². The summed E-state index contributed by atoms with van der Waals surface area (Å²) in [5, 5.41) is 14.7. The van der Waals surface area contributed by atoms with Crippen LogP contribution in [0, 0.1) is 10.1 Å². The fraction of sp³-hybridized carbons (Fsp3) is 0.125. The van der Waals surface area contributed by atoms with Crippen LogP contribution in [0.4, 0.5) is 5.69 Å². The highest BCUT2D eigenvalue weighted by atomic mass is 16.6. The Labute approximate surface area is 131 Å². The van der Waals surface area contributed by atoms with Crippen LogP contribution in [0.15, 0.2) is 53.3 Å². The van der Waals surface area contributed by atoms with Crippen molar-refractivity contribution in [1.82, 2.24) is 10.4 Å². The fourth-order valence-corrected chi connectivity index (χ4v) is 2.35. The molecule has 2 heterocycles. The first-order chi connectivity index (χ1) is 11.1. The number of non-ortho nitro benzene ring substituents is 1. The maximum atomic E-state index is 11.9. The number of carbonyl (C=O) groups excluding carboxylic acids is 1. The number of aryl methyl sites for hydroxylation is 1. The smallest absolute Gasteiger partial charge is 0.273 e. The lowest BCUT2D eigenvalue weighted by molar-refractivity contribution is -0.384. The molecule has 3 rings (SSSR count). The van der Waals surface area contributed by atoms with Crippen molar-refractivity contribution >= 4 is 23.4 Å². The molecule has 0 spiro atoms. The van der Waals surface area contributed by atoms with Gasteiger partial charge in [0.05, 0.1) is 16.2 Å². The molecular weight excluding hydrogens is 296 g/mol. The first-order valence-corrected chi connectivity index (χ1v) is 7.09. The number of amides is 1. The molecule has 1 amide bonds. The van der Waals surface area contributed by atoms with E-state index in [1.807, 2.05) is 12.1 Å². The summed E-state index contributed by atoms with van der Waals surface area (Å²) in [4.78, 5) is 25.1. The lowest BCUT2D eigenvalue weighted by Gasteiger charge is -2.02. The van der Waals surface area contributed by atoms with Crippen LogP contribution < -0.4 is 5.43 Å². The number of nitrogens with one attached hydrogen (secondary N) is 2. The number of carbonyl (C=O) groups is 1. The average Bonchev–Trinajstić information content (AvgIpc) is 3.18. The second-order valence-electron chi connectivity index (χ2n) is 5.11. The van der Waals surface area contributed by atoms with Gasteiger partial charge in [0.25, 0.3) is 11.6 Å². The van der Waals surface area contributed by atoms with Crippen LogP contribution >= 0.6 is 0 Å². The van der Waals surface area contributed by atoms with Crippen LogP contribution in [0.2, 0.25) is 0 Å². The van der Waals surface area contributed by atoms with Crippen molar-refractivity contribution in [2.24, 2.45) is 5.10 Å². The molecule has 7 nitrogen and oxygen atoms in total. The summed E-state index contributed by atoms with van der Waals surface area (Å²) >= 11 is 0. The third-order valence-electron chi connectivity index (χ3n) is 3.57. The monoisotopic (exact) mass is 310 g/mol. The summed E-state index contributed by atoms with van der Waals surface area (Å²) in [7, 11) is 0. The molecule has 2 N–H and O–H groups in total. The Bertz CT molecular complexity index is 789. The molecule has 1 aliphatic rings. The first-order valence-electron chi connectivity index (χ1n) is 7.09. The Balaban J connectivity index is 1.69. The second kappa shape index (κ2) is 6.27. The Hall–Kier alpha value is -3.22. The molecule has 0 radical (unpaired) electrons. The van der Waals surface area contributed by atoms with Gasteiger partial charge < -0.3 is 4.98 Å². The summed E-state index contributed by atoms with van der Waals surface area (Å²) in [6, 6.07) is 10.1. The number of nitrogens with zero attached hydrogens (tertiary/aromatic N) is 2. The third-order valence-corrected chi connectivity index (χ3v) is 3.57. The van der Waals surface area contributed by atoms with Gasteiger partial charge in [-0.25, -0.2) is 5.43 Å². The van der Waals surface area contributed by atoms with Crippen LogP contribution in [0.1, 0.15) is 17.7 Å².